The summed E-state index contributed by atoms with van der Waals surface area (Å²) >= 11 is 0. The summed E-state index contributed by atoms with van der Waals surface area (Å²) in [4.78, 5) is 39.3. The largest absolute Gasteiger partial charge is 0.376 e. The molecule has 0 atom stereocenters. The molecule has 7 heteroatoms. The van der Waals surface area contributed by atoms with Gasteiger partial charge in [0.25, 0.3) is 11.8 Å². The van der Waals surface area contributed by atoms with Crippen molar-refractivity contribution in [2.75, 3.05) is 34.4 Å². The number of carbonyl (C=O) groups is 3. The molecule has 7 nitrogen and oxygen atoms in total. The summed E-state index contributed by atoms with van der Waals surface area (Å²) in [5.41, 5.74) is 4.79. The van der Waals surface area contributed by atoms with Gasteiger partial charge in [0.2, 0.25) is 5.91 Å². The Morgan fingerprint density at radius 1 is 0.676 bits per heavy atom. The van der Waals surface area contributed by atoms with Gasteiger partial charge in [-0.3, -0.25) is 14.4 Å². The van der Waals surface area contributed by atoms with Crippen molar-refractivity contribution in [2.24, 2.45) is 0 Å². The van der Waals surface area contributed by atoms with Crippen LogP contribution in [-0.2, 0) is 4.79 Å². The fourth-order valence-electron chi connectivity index (χ4n) is 3.74. The SMILES string of the molecule is Cc1cccc(C(=O)Nc2ccc(NCC(=O)Nc3cccc(C(=O)N(C)c4ccccc4)c3)cc2)c1. The lowest BCUT2D eigenvalue weighted by Gasteiger charge is -2.17. The van der Waals surface area contributed by atoms with Gasteiger partial charge in [-0.15, -0.1) is 0 Å². The van der Waals surface area contributed by atoms with E-state index in [0.717, 1.165) is 16.9 Å². The predicted octanol–water partition coefficient (Wildman–Crippen LogP) is 5.57. The molecule has 0 aliphatic heterocycles. The van der Waals surface area contributed by atoms with Crippen LogP contribution in [0, 0.1) is 6.92 Å². The number of hydrogen-bond donors (Lipinski definition) is 3. The van der Waals surface area contributed by atoms with Crippen LogP contribution < -0.4 is 20.9 Å². The van der Waals surface area contributed by atoms with E-state index in [-0.39, 0.29) is 24.3 Å². The second kappa shape index (κ2) is 11.7. The average Bonchev–Trinajstić information content (AvgIpc) is 2.92. The summed E-state index contributed by atoms with van der Waals surface area (Å²) in [6, 6.07) is 30.7. The number of carbonyl (C=O) groups excluding carboxylic acids is 3. The lowest BCUT2D eigenvalue weighted by atomic mass is 10.1. The van der Waals surface area contributed by atoms with E-state index in [1.54, 1.807) is 66.5 Å². The Labute approximate surface area is 216 Å². The van der Waals surface area contributed by atoms with Crippen LogP contribution in [0.3, 0.4) is 0 Å². The molecule has 4 aromatic rings. The summed E-state index contributed by atoms with van der Waals surface area (Å²) in [5, 5.41) is 8.74. The molecule has 0 radical (unpaired) electrons. The van der Waals surface area contributed by atoms with E-state index >= 15 is 0 Å². The first-order chi connectivity index (χ1) is 17.9. The zero-order valence-corrected chi connectivity index (χ0v) is 20.7. The zero-order valence-electron chi connectivity index (χ0n) is 20.7. The third-order valence-electron chi connectivity index (χ3n) is 5.72. The average molecular weight is 493 g/mol. The van der Waals surface area contributed by atoms with Crippen molar-refractivity contribution >= 4 is 40.5 Å². The van der Waals surface area contributed by atoms with Crippen LogP contribution in [0.25, 0.3) is 0 Å². The standard InChI is InChI=1S/C30H28N4O3/c1-21-8-6-9-22(18-21)29(36)33-25-16-14-24(15-17-25)31-20-28(35)32-26-11-7-10-23(19-26)30(37)34(2)27-12-4-3-5-13-27/h3-19,31H,20H2,1-2H3,(H,32,35)(H,33,36). The maximum Gasteiger partial charge on any atom is 0.258 e. The highest BCUT2D eigenvalue weighted by Crippen LogP contribution is 2.18. The fraction of sp³-hybridized carbons (Fsp3) is 0.100. The molecule has 0 bridgehead atoms. The molecule has 37 heavy (non-hydrogen) atoms. The molecule has 0 aliphatic rings. The van der Waals surface area contributed by atoms with Crippen molar-refractivity contribution in [2.45, 2.75) is 6.92 Å². The first kappa shape index (κ1) is 25.2. The first-order valence-corrected chi connectivity index (χ1v) is 11.8. The Morgan fingerprint density at radius 3 is 2.08 bits per heavy atom. The van der Waals surface area contributed by atoms with Crippen molar-refractivity contribution in [3.05, 3.63) is 120 Å². The highest BCUT2D eigenvalue weighted by atomic mass is 16.2. The fourth-order valence-corrected chi connectivity index (χ4v) is 3.74. The maximum absolute atomic E-state index is 12.9. The second-order valence-electron chi connectivity index (χ2n) is 8.58. The highest BCUT2D eigenvalue weighted by molar-refractivity contribution is 6.07. The lowest BCUT2D eigenvalue weighted by molar-refractivity contribution is -0.114. The van der Waals surface area contributed by atoms with Crippen LogP contribution in [0.2, 0.25) is 0 Å². The number of anilines is 4. The Kier molecular flexibility index (Phi) is 7.95. The molecule has 0 aliphatic carbocycles. The molecular formula is C30H28N4O3. The molecule has 4 aromatic carbocycles. The Bertz CT molecular complexity index is 1400. The van der Waals surface area contributed by atoms with Crippen LogP contribution in [0.4, 0.5) is 22.7 Å². The van der Waals surface area contributed by atoms with Crippen LogP contribution >= 0.6 is 0 Å². The van der Waals surface area contributed by atoms with Crippen LogP contribution in [0.15, 0.2) is 103 Å². The number of aryl methyl sites for hydroxylation is 1. The maximum atomic E-state index is 12.9. The third-order valence-corrected chi connectivity index (χ3v) is 5.72. The van der Waals surface area contributed by atoms with E-state index in [4.69, 9.17) is 0 Å². The number of hydrogen-bond acceptors (Lipinski definition) is 4. The van der Waals surface area contributed by atoms with E-state index in [9.17, 15) is 14.4 Å². The van der Waals surface area contributed by atoms with Gasteiger partial charge in [0, 0.05) is 40.9 Å². The minimum absolute atomic E-state index is 0.0388. The summed E-state index contributed by atoms with van der Waals surface area (Å²) in [5.74, 6) is -0.604. The number of para-hydroxylation sites is 1. The molecule has 3 N–H and O–H groups in total. The minimum Gasteiger partial charge on any atom is -0.376 e. The number of nitrogens with zero attached hydrogens (tertiary/aromatic N) is 1. The highest BCUT2D eigenvalue weighted by Gasteiger charge is 2.14. The van der Waals surface area contributed by atoms with Crippen LogP contribution in [0.5, 0.6) is 0 Å². The smallest absolute Gasteiger partial charge is 0.258 e. The number of nitrogens with one attached hydrogen (secondary N) is 3. The quantitative estimate of drug-likeness (QED) is 0.300. The summed E-state index contributed by atoms with van der Waals surface area (Å²) in [7, 11) is 1.71. The summed E-state index contributed by atoms with van der Waals surface area (Å²) in [6.45, 7) is 1.98. The van der Waals surface area contributed by atoms with Gasteiger partial charge in [0.15, 0.2) is 0 Å². The molecule has 0 saturated heterocycles. The molecule has 0 heterocycles. The van der Waals surface area contributed by atoms with E-state index in [1.807, 2.05) is 55.5 Å². The van der Waals surface area contributed by atoms with Crippen LogP contribution in [0.1, 0.15) is 26.3 Å². The van der Waals surface area contributed by atoms with Crippen molar-refractivity contribution in [1.29, 1.82) is 0 Å². The summed E-state index contributed by atoms with van der Waals surface area (Å²) < 4.78 is 0. The third kappa shape index (κ3) is 6.82. The molecule has 0 fully saturated rings. The van der Waals surface area contributed by atoms with Gasteiger partial charge < -0.3 is 20.9 Å². The van der Waals surface area contributed by atoms with Gasteiger partial charge in [-0.2, -0.15) is 0 Å². The normalized spacial score (nSPS) is 10.3. The van der Waals surface area contributed by atoms with Gasteiger partial charge >= 0.3 is 0 Å². The topological polar surface area (TPSA) is 90.5 Å². The molecule has 0 spiro atoms. The van der Waals surface area contributed by atoms with Crippen LogP contribution in [-0.4, -0.2) is 31.3 Å². The summed E-state index contributed by atoms with van der Waals surface area (Å²) in [6.07, 6.45) is 0. The minimum atomic E-state index is -0.252. The van der Waals surface area contributed by atoms with Crippen molar-refractivity contribution in [3.8, 4) is 0 Å². The molecule has 186 valence electrons. The predicted molar refractivity (Wildman–Crippen MR) is 148 cm³/mol. The first-order valence-electron chi connectivity index (χ1n) is 11.8. The van der Waals surface area contributed by atoms with Gasteiger partial charge in [-0.05, 0) is 73.7 Å². The lowest BCUT2D eigenvalue weighted by Crippen LogP contribution is -2.26. The number of benzene rings is 4. The van der Waals surface area contributed by atoms with Crippen molar-refractivity contribution < 1.29 is 14.4 Å². The number of rotatable bonds is 8. The molecule has 0 saturated carbocycles. The molecule has 4 rings (SSSR count). The molecule has 0 aromatic heterocycles. The second-order valence-corrected chi connectivity index (χ2v) is 8.58. The monoisotopic (exact) mass is 492 g/mol. The van der Waals surface area contributed by atoms with Gasteiger partial charge in [0.05, 0.1) is 6.54 Å². The van der Waals surface area contributed by atoms with Gasteiger partial charge in [-0.1, -0.05) is 42.0 Å². The van der Waals surface area contributed by atoms with Gasteiger partial charge in [-0.25, -0.2) is 0 Å². The molecule has 3 amide bonds. The Balaban J connectivity index is 1.29. The van der Waals surface area contributed by atoms with E-state index in [0.29, 0.717) is 22.5 Å². The van der Waals surface area contributed by atoms with E-state index in [1.165, 1.54) is 0 Å². The van der Waals surface area contributed by atoms with Crippen molar-refractivity contribution in [1.82, 2.24) is 0 Å². The van der Waals surface area contributed by atoms with E-state index in [2.05, 4.69) is 16.0 Å². The molecular weight excluding hydrogens is 464 g/mol. The molecule has 0 unspecified atom stereocenters. The Hall–Kier alpha value is -4.91. The number of amides is 3. The van der Waals surface area contributed by atoms with E-state index < -0.39 is 0 Å². The van der Waals surface area contributed by atoms with Gasteiger partial charge in [0.1, 0.15) is 0 Å². The Morgan fingerprint density at radius 2 is 1.35 bits per heavy atom. The van der Waals surface area contributed by atoms with Crippen molar-refractivity contribution in [3.63, 3.8) is 0 Å². The zero-order chi connectivity index (χ0) is 26.2.